The van der Waals surface area contributed by atoms with E-state index in [1.54, 1.807) is 62.8 Å². The third kappa shape index (κ3) is 5.79. The standard InChI is InChI=1S/C18H19NO5S/c1-23-15-5-3-13(4-6-15)14(12-19(21)22)11-18(20)25-17-9-7-16(24-2)8-10-17/h3-10,14H,11-12H2,1-2H3/t14-/m0/s1. The molecule has 0 aliphatic rings. The second kappa shape index (κ2) is 9.08. The summed E-state index contributed by atoms with van der Waals surface area (Å²) in [5.74, 6) is 0.906. The zero-order chi connectivity index (χ0) is 18.2. The number of carbonyl (C=O) groups excluding carboxylic acids is 1. The van der Waals surface area contributed by atoms with Gasteiger partial charge in [-0.3, -0.25) is 14.9 Å². The van der Waals surface area contributed by atoms with E-state index in [1.165, 1.54) is 0 Å². The van der Waals surface area contributed by atoms with Crippen LogP contribution in [0.1, 0.15) is 17.9 Å². The number of carbonyl (C=O) groups is 1. The predicted molar refractivity (Wildman–Crippen MR) is 96.1 cm³/mol. The lowest BCUT2D eigenvalue weighted by Crippen LogP contribution is -2.15. The number of nitro groups is 1. The molecule has 0 saturated heterocycles. The Balaban J connectivity index is 2.06. The lowest BCUT2D eigenvalue weighted by atomic mass is 9.96. The molecular weight excluding hydrogens is 342 g/mol. The number of ether oxygens (including phenoxy) is 2. The highest BCUT2D eigenvalue weighted by Gasteiger charge is 2.22. The summed E-state index contributed by atoms with van der Waals surface area (Å²) in [6.45, 7) is -0.290. The van der Waals surface area contributed by atoms with E-state index in [0.717, 1.165) is 22.2 Å². The van der Waals surface area contributed by atoms with Crippen LogP contribution < -0.4 is 9.47 Å². The molecule has 0 fully saturated rings. The molecule has 0 aromatic heterocycles. The zero-order valence-electron chi connectivity index (χ0n) is 14.0. The Morgan fingerprint density at radius 2 is 1.56 bits per heavy atom. The molecule has 0 saturated carbocycles. The molecule has 0 radical (unpaired) electrons. The second-order valence-corrected chi connectivity index (χ2v) is 6.47. The second-order valence-electron chi connectivity index (χ2n) is 5.34. The third-order valence-corrected chi connectivity index (χ3v) is 4.56. The van der Waals surface area contributed by atoms with Gasteiger partial charge in [-0.1, -0.05) is 23.9 Å². The molecule has 0 amide bonds. The van der Waals surface area contributed by atoms with Crippen molar-refractivity contribution in [3.63, 3.8) is 0 Å². The molecule has 0 N–H and O–H groups in total. The maximum Gasteiger partial charge on any atom is 0.211 e. The molecule has 1 atom stereocenters. The number of hydrogen-bond donors (Lipinski definition) is 0. The highest BCUT2D eigenvalue weighted by atomic mass is 32.2. The summed E-state index contributed by atoms with van der Waals surface area (Å²) >= 11 is 1.08. The molecule has 0 bridgehead atoms. The van der Waals surface area contributed by atoms with Crippen molar-refractivity contribution in [2.24, 2.45) is 0 Å². The lowest BCUT2D eigenvalue weighted by molar-refractivity contribution is -0.483. The van der Waals surface area contributed by atoms with E-state index in [-0.39, 0.29) is 23.0 Å². The Morgan fingerprint density at radius 1 is 1.04 bits per heavy atom. The topological polar surface area (TPSA) is 78.7 Å². The fraction of sp³-hybridized carbons (Fsp3) is 0.278. The first kappa shape index (κ1) is 18.8. The van der Waals surface area contributed by atoms with Crippen LogP contribution in [-0.2, 0) is 4.79 Å². The van der Waals surface area contributed by atoms with Gasteiger partial charge in [0.25, 0.3) is 0 Å². The molecule has 7 heteroatoms. The fourth-order valence-corrected chi connectivity index (χ4v) is 3.18. The van der Waals surface area contributed by atoms with Crippen LogP contribution in [0, 0.1) is 10.1 Å². The summed E-state index contributed by atoms with van der Waals surface area (Å²) in [5.41, 5.74) is 0.751. The summed E-state index contributed by atoms with van der Waals surface area (Å²) < 4.78 is 10.2. The minimum Gasteiger partial charge on any atom is -0.497 e. The maximum atomic E-state index is 12.3. The van der Waals surface area contributed by atoms with Gasteiger partial charge in [0.2, 0.25) is 6.54 Å². The van der Waals surface area contributed by atoms with E-state index < -0.39 is 5.92 Å². The molecule has 0 aliphatic carbocycles. The van der Waals surface area contributed by atoms with Crippen LogP contribution in [0.3, 0.4) is 0 Å². The molecular formula is C18H19NO5S. The normalized spacial score (nSPS) is 11.6. The smallest absolute Gasteiger partial charge is 0.211 e. The predicted octanol–water partition coefficient (Wildman–Crippen LogP) is 3.77. The van der Waals surface area contributed by atoms with Crippen molar-refractivity contribution in [3.05, 3.63) is 64.2 Å². The molecule has 2 aromatic rings. The van der Waals surface area contributed by atoms with Crippen molar-refractivity contribution >= 4 is 16.9 Å². The molecule has 132 valence electrons. The van der Waals surface area contributed by atoms with Crippen LogP contribution in [-0.4, -0.2) is 30.8 Å². The lowest BCUT2D eigenvalue weighted by Gasteiger charge is -2.13. The van der Waals surface area contributed by atoms with E-state index in [4.69, 9.17) is 9.47 Å². The van der Waals surface area contributed by atoms with Crippen molar-refractivity contribution in [1.29, 1.82) is 0 Å². The van der Waals surface area contributed by atoms with Gasteiger partial charge in [0, 0.05) is 16.2 Å². The maximum absolute atomic E-state index is 12.3. The number of benzene rings is 2. The molecule has 25 heavy (non-hydrogen) atoms. The van der Waals surface area contributed by atoms with Gasteiger partial charge < -0.3 is 9.47 Å². The Morgan fingerprint density at radius 3 is 2.04 bits per heavy atom. The number of methoxy groups -OCH3 is 2. The number of nitrogens with zero attached hydrogens (tertiary/aromatic N) is 1. The first-order valence-corrected chi connectivity index (χ1v) is 8.44. The average molecular weight is 361 g/mol. The minimum atomic E-state index is -0.473. The van der Waals surface area contributed by atoms with Crippen molar-refractivity contribution in [2.45, 2.75) is 17.2 Å². The van der Waals surface area contributed by atoms with Crippen LogP contribution in [0.25, 0.3) is 0 Å². The molecule has 0 aliphatic heterocycles. The Labute approximate surface area is 150 Å². The van der Waals surface area contributed by atoms with Crippen molar-refractivity contribution in [2.75, 3.05) is 20.8 Å². The van der Waals surface area contributed by atoms with Crippen molar-refractivity contribution < 1.29 is 19.2 Å². The minimum absolute atomic E-state index is 0.0873. The largest absolute Gasteiger partial charge is 0.497 e. The van der Waals surface area contributed by atoms with Gasteiger partial charge in [0.1, 0.15) is 11.5 Å². The number of hydrogen-bond acceptors (Lipinski definition) is 6. The summed E-state index contributed by atoms with van der Waals surface area (Å²) in [4.78, 5) is 23.7. The van der Waals surface area contributed by atoms with Crippen LogP contribution in [0.15, 0.2) is 53.4 Å². The highest BCUT2D eigenvalue weighted by molar-refractivity contribution is 8.13. The molecule has 2 rings (SSSR count). The van der Waals surface area contributed by atoms with Crippen molar-refractivity contribution in [1.82, 2.24) is 0 Å². The molecule has 0 heterocycles. The van der Waals surface area contributed by atoms with Gasteiger partial charge in [-0.05, 0) is 42.0 Å². The highest BCUT2D eigenvalue weighted by Crippen LogP contribution is 2.29. The van der Waals surface area contributed by atoms with Crippen LogP contribution in [0.5, 0.6) is 11.5 Å². The van der Waals surface area contributed by atoms with E-state index in [9.17, 15) is 14.9 Å². The summed E-state index contributed by atoms with van der Waals surface area (Å²) in [5, 5.41) is 10.8. The molecule has 0 unspecified atom stereocenters. The monoisotopic (exact) mass is 361 g/mol. The van der Waals surface area contributed by atoms with Crippen molar-refractivity contribution in [3.8, 4) is 11.5 Å². The van der Waals surface area contributed by atoms with Crippen LogP contribution in [0.2, 0.25) is 0 Å². The van der Waals surface area contributed by atoms with Gasteiger partial charge in [-0.15, -0.1) is 0 Å². The van der Waals surface area contributed by atoms with E-state index in [1.807, 2.05) is 0 Å². The Hall–Kier alpha value is -2.54. The number of rotatable bonds is 8. The fourth-order valence-electron chi connectivity index (χ4n) is 2.36. The van der Waals surface area contributed by atoms with E-state index in [2.05, 4.69) is 0 Å². The van der Waals surface area contributed by atoms with Crippen LogP contribution in [0.4, 0.5) is 0 Å². The SMILES string of the molecule is COc1ccc(SC(=O)C[C@@H](C[N+](=O)[O-])c2ccc(OC)cc2)cc1. The average Bonchev–Trinajstić information content (AvgIpc) is 2.61. The summed E-state index contributed by atoms with van der Waals surface area (Å²) in [6.07, 6.45) is 0.0873. The quantitative estimate of drug-likeness (QED) is 0.404. The van der Waals surface area contributed by atoms with Gasteiger partial charge in [0.05, 0.1) is 20.1 Å². The van der Waals surface area contributed by atoms with Gasteiger partial charge in [-0.25, -0.2) is 0 Å². The summed E-state index contributed by atoms with van der Waals surface area (Å²) in [7, 11) is 3.13. The third-order valence-electron chi connectivity index (χ3n) is 3.66. The first-order valence-electron chi connectivity index (χ1n) is 7.62. The first-order chi connectivity index (χ1) is 12.0. The van der Waals surface area contributed by atoms with Gasteiger partial charge in [-0.2, -0.15) is 0 Å². The van der Waals surface area contributed by atoms with E-state index in [0.29, 0.717) is 11.5 Å². The zero-order valence-corrected chi connectivity index (χ0v) is 14.8. The Bertz CT molecular complexity index is 715. The van der Waals surface area contributed by atoms with E-state index >= 15 is 0 Å². The molecule has 6 nitrogen and oxygen atoms in total. The summed E-state index contributed by atoms with van der Waals surface area (Å²) in [6, 6.07) is 14.1. The van der Waals surface area contributed by atoms with Crippen LogP contribution >= 0.6 is 11.8 Å². The van der Waals surface area contributed by atoms with Gasteiger partial charge in [0.15, 0.2) is 5.12 Å². The Kier molecular flexibility index (Phi) is 6.82. The number of thioether (sulfide) groups is 1. The van der Waals surface area contributed by atoms with Gasteiger partial charge >= 0.3 is 0 Å². The molecule has 0 spiro atoms. The molecule has 2 aromatic carbocycles.